The number of carbonyl (C=O) groups is 1. The van der Waals surface area contributed by atoms with Crippen molar-refractivity contribution in [2.45, 2.75) is 32.1 Å². The molecule has 0 atom stereocenters. The van der Waals surface area contributed by atoms with Crippen molar-refractivity contribution in [3.8, 4) is 5.75 Å². The minimum Gasteiger partial charge on any atom is -0.491 e. The molecule has 1 aromatic heterocycles. The van der Waals surface area contributed by atoms with E-state index in [0.29, 0.717) is 29.5 Å². The topological polar surface area (TPSA) is 51.2 Å². The monoisotopic (exact) mass is 346 g/mol. The van der Waals surface area contributed by atoms with Gasteiger partial charge in [0, 0.05) is 17.0 Å². The van der Waals surface area contributed by atoms with E-state index in [-0.39, 0.29) is 5.91 Å². The van der Waals surface area contributed by atoms with Gasteiger partial charge < -0.3 is 10.1 Å². The quantitative estimate of drug-likeness (QED) is 0.671. The number of anilines is 1. The summed E-state index contributed by atoms with van der Waals surface area (Å²) in [5.74, 6) is 1.06. The second-order valence-corrected chi connectivity index (χ2v) is 6.68. The predicted octanol–water partition coefficient (Wildman–Crippen LogP) is 5.15. The molecule has 0 spiro atoms. The van der Waals surface area contributed by atoms with E-state index in [0.717, 1.165) is 35.9 Å². The third-order valence-electron chi connectivity index (χ3n) is 4.57. The molecule has 1 amide bonds. The van der Waals surface area contributed by atoms with E-state index >= 15 is 0 Å². The SMILES string of the molecule is CCCOc1ccccc1NC(=O)c1cc(C2CC2)nc2ccccc12. The van der Waals surface area contributed by atoms with Crippen molar-refractivity contribution in [2.24, 2.45) is 0 Å². The van der Waals surface area contributed by atoms with Crippen molar-refractivity contribution < 1.29 is 9.53 Å². The number of pyridine rings is 1. The summed E-state index contributed by atoms with van der Waals surface area (Å²) in [6.45, 7) is 2.68. The molecule has 1 saturated carbocycles. The summed E-state index contributed by atoms with van der Waals surface area (Å²) in [6.07, 6.45) is 3.22. The Morgan fingerprint density at radius 3 is 2.73 bits per heavy atom. The molecule has 4 heteroatoms. The summed E-state index contributed by atoms with van der Waals surface area (Å²) in [5, 5.41) is 3.90. The molecule has 0 saturated heterocycles. The van der Waals surface area contributed by atoms with Crippen molar-refractivity contribution in [3.05, 3.63) is 65.9 Å². The molecule has 0 radical (unpaired) electrons. The number of fused-ring (bicyclic) bond motifs is 1. The highest BCUT2D eigenvalue weighted by atomic mass is 16.5. The first-order valence-corrected chi connectivity index (χ1v) is 9.19. The molecular weight excluding hydrogens is 324 g/mol. The molecule has 1 fully saturated rings. The van der Waals surface area contributed by atoms with E-state index in [1.165, 1.54) is 0 Å². The zero-order valence-corrected chi connectivity index (χ0v) is 14.9. The summed E-state index contributed by atoms with van der Waals surface area (Å²) in [5.41, 5.74) is 3.25. The molecule has 1 heterocycles. The Balaban J connectivity index is 1.68. The van der Waals surface area contributed by atoms with Gasteiger partial charge in [-0.15, -0.1) is 0 Å². The molecule has 4 rings (SSSR count). The Morgan fingerprint density at radius 2 is 1.92 bits per heavy atom. The average molecular weight is 346 g/mol. The summed E-state index contributed by atoms with van der Waals surface area (Å²) in [4.78, 5) is 17.8. The number of benzene rings is 2. The van der Waals surface area contributed by atoms with Crippen molar-refractivity contribution >= 4 is 22.5 Å². The van der Waals surface area contributed by atoms with Gasteiger partial charge in [0.25, 0.3) is 5.91 Å². The summed E-state index contributed by atoms with van der Waals surface area (Å²) < 4.78 is 5.76. The zero-order valence-electron chi connectivity index (χ0n) is 14.9. The Morgan fingerprint density at radius 1 is 1.15 bits per heavy atom. The third-order valence-corrected chi connectivity index (χ3v) is 4.57. The summed E-state index contributed by atoms with van der Waals surface area (Å²) in [6, 6.07) is 17.3. The molecule has 0 bridgehead atoms. The van der Waals surface area contributed by atoms with Crippen LogP contribution in [0.3, 0.4) is 0 Å². The van der Waals surface area contributed by atoms with Crippen LogP contribution in [0.15, 0.2) is 54.6 Å². The van der Waals surface area contributed by atoms with Crippen LogP contribution in [-0.2, 0) is 0 Å². The van der Waals surface area contributed by atoms with Crippen LogP contribution in [-0.4, -0.2) is 17.5 Å². The van der Waals surface area contributed by atoms with Crippen LogP contribution in [0.1, 0.15) is 48.2 Å². The molecule has 2 aromatic carbocycles. The van der Waals surface area contributed by atoms with Crippen LogP contribution < -0.4 is 10.1 Å². The minimum absolute atomic E-state index is 0.127. The van der Waals surface area contributed by atoms with E-state index in [4.69, 9.17) is 9.72 Å². The number of amides is 1. The third kappa shape index (κ3) is 3.40. The largest absolute Gasteiger partial charge is 0.491 e. The van der Waals surface area contributed by atoms with Gasteiger partial charge in [0.2, 0.25) is 0 Å². The number of ether oxygens (including phenoxy) is 1. The first-order valence-electron chi connectivity index (χ1n) is 9.19. The molecule has 1 aliphatic carbocycles. The summed E-state index contributed by atoms with van der Waals surface area (Å²) in [7, 11) is 0. The van der Waals surface area contributed by atoms with Gasteiger partial charge in [-0.25, -0.2) is 0 Å². The fourth-order valence-electron chi connectivity index (χ4n) is 3.07. The lowest BCUT2D eigenvalue weighted by Gasteiger charge is -2.13. The highest BCUT2D eigenvalue weighted by Gasteiger charge is 2.27. The Hall–Kier alpha value is -2.88. The van der Waals surface area contributed by atoms with E-state index in [1.54, 1.807) is 0 Å². The van der Waals surface area contributed by atoms with Gasteiger partial charge in [0.05, 0.1) is 23.4 Å². The van der Waals surface area contributed by atoms with Crippen LogP contribution >= 0.6 is 0 Å². The van der Waals surface area contributed by atoms with E-state index in [2.05, 4.69) is 12.2 Å². The van der Waals surface area contributed by atoms with Crippen LogP contribution in [0, 0.1) is 0 Å². The summed E-state index contributed by atoms with van der Waals surface area (Å²) >= 11 is 0. The Labute approximate surface area is 153 Å². The molecule has 0 unspecified atom stereocenters. The van der Waals surface area contributed by atoms with E-state index < -0.39 is 0 Å². The van der Waals surface area contributed by atoms with Crippen LogP contribution in [0.2, 0.25) is 0 Å². The molecule has 26 heavy (non-hydrogen) atoms. The Kier molecular flexibility index (Phi) is 4.57. The van der Waals surface area contributed by atoms with Crippen molar-refractivity contribution in [1.29, 1.82) is 0 Å². The molecule has 4 nitrogen and oxygen atoms in total. The van der Waals surface area contributed by atoms with Crippen LogP contribution in [0.5, 0.6) is 5.75 Å². The first-order chi connectivity index (χ1) is 12.8. The molecular formula is C22H22N2O2. The number of aromatic nitrogens is 1. The number of carbonyl (C=O) groups excluding carboxylic acids is 1. The number of nitrogens with zero attached hydrogens (tertiary/aromatic N) is 1. The van der Waals surface area contributed by atoms with Gasteiger partial charge in [-0.1, -0.05) is 37.3 Å². The normalized spacial score (nSPS) is 13.6. The fraction of sp³-hybridized carbons (Fsp3) is 0.273. The lowest BCUT2D eigenvalue weighted by Crippen LogP contribution is -2.14. The first kappa shape index (κ1) is 16.6. The molecule has 3 aromatic rings. The maximum Gasteiger partial charge on any atom is 0.256 e. The second kappa shape index (κ2) is 7.16. The standard InChI is InChI=1S/C22H22N2O2/c1-2-13-26-21-10-6-5-9-19(21)24-22(25)17-14-20(15-11-12-15)23-18-8-4-3-7-16(17)18/h3-10,14-15H,2,11-13H2,1H3,(H,24,25). The maximum atomic E-state index is 13.1. The van der Waals surface area contributed by atoms with Crippen LogP contribution in [0.4, 0.5) is 5.69 Å². The number of hydrogen-bond acceptors (Lipinski definition) is 3. The smallest absolute Gasteiger partial charge is 0.256 e. The highest BCUT2D eigenvalue weighted by Crippen LogP contribution is 2.40. The molecule has 1 N–H and O–H groups in total. The van der Waals surface area contributed by atoms with Gasteiger partial charge >= 0.3 is 0 Å². The number of rotatable bonds is 6. The van der Waals surface area contributed by atoms with Gasteiger partial charge in [0.15, 0.2) is 0 Å². The lowest BCUT2D eigenvalue weighted by molar-refractivity contribution is 0.102. The van der Waals surface area contributed by atoms with Crippen molar-refractivity contribution in [1.82, 2.24) is 4.98 Å². The molecule has 132 valence electrons. The highest BCUT2D eigenvalue weighted by molar-refractivity contribution is 6.12. The van der Waals surface area contributed by atoms with Gasteiger partial charge in [-0.2, -0.15) is 0 Å². The number of nitrogens with one attached hydrogen (secondary N) is 1. The maximum absolute atomic E-state index is 13.1. The predicted molar refractivity (Wildman–Crippen MR) is 104 cm³/mol. The zero-order chi connectivity index (χ0) is 17.9. The van der Waals surface area contributed by atoms with E-state index in [9.17, 15) is 4.79 Å². The van der Waals surface area contributed by atoms with Crippen molar-refractivity contribution in [2.75, 3.05) is 11.9 Å². The average Bonchev–Trinajstić information content (AvgIpc) is 3.51. The fourth-order valence-corrected chi connectivity index (χ4v) is 3.07. The lowest BCUT2D eigenvalue weighted by atomic mass is 10.1. The van der Waals surface area contributed by atoms with E-state index in [1.807, 2.05) is 54.6 Å². The number of hydrogen-bond donors (Lipinski definition) is 1. The number of para-hydroxylation sites is 3. The second-order valence-electron chi connectivity index (χ2n) is 6.68. The minimum atomic E-state index is -0.127. The van der Waals surface area contributed by atoms with Gasteiger partial charge in [0.1, 0.15) is 5.75 Å². The van der Waals surface area contributed by atoms with Crippen LogP contribution in [0.25, 0.3) is 10.9 Å². The van der Waals surface area contributed by atoms with Gasteiger partial charge in [-0.05, 0) is 43.5 Å². The Bertz CT molecular complexity index is 948. The molecule has 1 aliphatic rings. The molecule has 0 aliphatic heterocycles. The van der Waals surface area contributed by atoms with Gasteiger partial charge in [-0.3, -0.25) is 9.78 Å². The van der Waals surface area contributed by atoms with Crippen molar-refractivity contribution in [3.63, 3.8) is 0 Å².